The maximum Gasteiger partial charge on any atom is 0.265 e. The molecule has 0 bridgehead atoms. The molecule has 0 spiro atoms. The largest absolute Gasteiger partial charge is 0.382 e. The Morgan fingerprint density at radius 3 is 2.75 bits per heavy atom. The van der Waals surface area contributed by atoms with Gasteiger partial charge in [0.2, 0.25) is 5.91 Å². The molecular formula is C8H13N5O2S. The molecule has 1 heterocycles. The molecule has 0 saturated heterocycles. The average Bonchev–Trinajstić information content (AvgIpc) is 2.56. The summed E-state index contributed by atoms with van der Waals surface area (Å²) in [5.74, 6) is -0.913. The van der Waals surface area contributed by atoms with E-state index in [1.807, 2.05) is 6.92 Å². The lowest BCUT2D eigenvalue weighted by atomic mass is 10.4. The summed E-state index contributed by atoms with van der Waals surface area (Å²) in [5.41, 5.74) is 10.5. The van der Waals surface area contributed by atoms with Crippen LogP contribution in [0.1, 0.15) is 16.6 Å². The summed E-state index contributed by atoms with van der Waals surface area (Å²) >= 11 is 1.13. The van der Waals surface area contributed by atoms with Gasteiger partial charge in [0.25, 0.3) is 5.91 Å². The van der Waals surface area contributed by atoms with E-state index in [9.17, 15) is 9.59 Å². The zero-order chi connectivity index (χ0) is 12.1. The number of nitrogens with zero attached hydrogens (tertiary/aromatic N) is 1. The minimum absolute atomic E-state index is 0.142. The van der Waals surface area contributed by atoms with E-state index in [4.69, 9.17) is 11.5 Å². The number of carbonyl (C=O) groups is 2. The van der Waals surface area contributed by atoms with Crippen molar-refractivity contribution in [1.82, 2.24) is 10.3 Å². The topological polar surface area (TPSA) is 123 Å². The van der Waals surface area contributed by atoms with Crippen LogP contribution in [0.4, 0.5) is 10.9 Å². The van der Waals surface area contributed by atoms with Gasteiger partial charge in [0.1, 0.15) is 10.7 Å². The molecule has 0 aliphatic rings. The Morgan fingerprint density at radius 1 is 1.50 bits per heavy atom. The number of amides is 2. The molecule has 1 aromatic heterocycles. The Morgan fingerprint density at radius 2 is 2.19 bits per heavy atom. The maximum absolute atomic E-state index is 11.5. The summed E-state index contributed by atoms with van der Waals surface area (Å²) < 4.78 is 0. The summed E-state index contributed by atoms with van der Waals surface area (Å²) in [7, 11) is 0. The van der Waals surface area contributed by atoms with Crippen LogP contribution < -0.4 is 22.1 Å². The van der Waals surface area contributed by atoms with E-state index in [0.717, 1.165) is 11.3 Å². The normalized spacial score (nSPS) is 9.81. The van der Waals surface area contributed by atoms with E-state index in [1.165, 1.54) is 0 Å². The summed E-state index contributed by atoms with van der Waals surface area (Å²) in [6, 6.07) is 0. The number of nitrogens with two attached hydrogens (primary N) is 2. The Labute approximate surface area is 96.2 Å². The lowest BCUT2D eigenvalue weighted by Crippen LogP contribution is -2.33. The van der Waals surface area contributed by atoms with Gasteiger partial charge in [0, 0.05) is 6.54 Å². The second-order valence-corrected chi connectivity index (χ2v) is 3.91. The van der Waals surface area contributed by atoms with Gasteiger partial charge in [-0.2, -0.15) is 0 Å². The van der Waals surface area contributed by atoms with Crippen molar-refractivity contribution in [2.75, 3.05) is 24.1 Å². The number of aromatic nitrogens is 1. The number of primary amides is 1. The Bertz CT molecular complexity index is 403. The van der Waals surface area contributed by atoms with Crippen molar-refractivity contribution in [3.05, 3.63) is 4.88 Å². The first-order chi connectivity index (χ1) is 7.54. The van der Waals surface area contributed by atoms with Gasteiger partial charge in [0.15, 0.2) is 5.13 Å². The van der Waals surface area contributed by atoms with Gasteiger partial charge in [-0.1, -0.05) is 11.3 Å². The fraction of sp³-hybridized carbons (Fsp3) is 0.375. The number of anilines is 2. The molecule has 7 nitrogen and oxygen atoms in total. The fourth-order valence-electron chi connectivity index (χ4n) is 0.969. The van der Waals surface area contributed by atoms with Crippen molar-refractivity contribution in [2.45, 2.75) is 6.92 Å². The molecule has 0 atom stereocenters. The van der Waals surface area contributed by atoms with Crippen molar-refractivity contribution >= 4 is 34.1 Å². The highest BCUT2D eigenvalue weighted by Gasteiger charge is 2.15. The highest BCUT2D eigenvalue weighted by molar-refractivity contribution is 7.18. The van der Waals surface area contributed by atoms with E-state index >= 15 is 0 Å². The van der Waals surface area contributed by atoms with Crippen molar-refractivity contribution in [3.8, 4) is 0 Å². The highest BCUT2D eigenvalue weighted by atomic mass is 32.1. The van der Waals surface area contributed by atoms with Crippen LogP contribution in [-0.2, 0) is 4.79 Å². The van der Waals surface area contributed by atoms with Crippen molar-refractivity contribution in [3.63, 3.8) is 0 Å². The molecule has 0 aromatic carbocycles. The minimum atomic E-state index is -0.608. The molecular weight excluding hydrogens is 230 g/mol. The van der Waals surface area contributed by atoms with E-state index in [-0.39, 0.29) is 17.2 Å². The van der Waals surface area contributed by atoms with Crippen LogP contribution in [0.5, 0.6) is 0 Å². The summed E-state index contributed by atoms with van der Waals surface area (Å²) in [6.45, 7) is 2.38. The molecule has 1 rings (SSSR count). The van der Waals surface area contributed by atoms with Gasteiger partial charge in [-0.05, 0) is 6.92 Å². The molecule has 2 amide bonds. The summed E-state index contributed by atoms with van der Waals surface area (Å²) in [4.78, 5) is 26.2. The van der Waals surface area contributed by atoms with Crippen molar-refractivity contribution in [1.29, 1.82) is 0 Å². The third kappa shape index (κ3) is 3.09. The van der Waals surface area contributed by atoms with Gasteiger partial charge in [0.05, 0.1) is 6.54 Å². The number of thiazole rings is 1. The Hall–Kier alpha value is -1.83. The van der Waals surface area contributed by atoms with Crippen LogP contribution in [0.25, 0.3) is 0 Å². The quantitative estimate of drug-likeness (QED) is 0.548. The third-order valence-electron chi connectivity index (χ3n) is 1.61. The first kappa shape index (κ1) is 12.2. The van der Waals surface area contributed by atoms with Crippen LogP contribution in [0.3, 0.4) is 0 Å². The van der Waals surface area contributed by atoms with Crippen LogP contribution >= 0.6 is 11.3 Å². The van der Waals surface area contributed by atoms with Gasteiger partial charge < -0.3 is 22.1 Å². The first-order valence-corrected chi connectivity index (χ1v) is 5.43. The van der Waals surface area contributed by atoms with E-state index in [2.05, 4.69) is 15.6 Å². The third-order valence-corrected chi connectivity index (χ3v) is 2.64. The van der Waals surface area contributed by atoms with Gasteiger partial charge in [-0.25, -0.2) is 4.98 Å². The number of hydrogen-bond acceptors (Lipinski definition) is 6. The lowest BCUT2D eigenvalue weighted by Gasteiger charge is -1.99. The monoisotopic (exact) mass is 243 g/mol. The molecule has 1 aromatic rings. The Balaban J connectivity index is 2.71. The van der Waals surface area contributed by atoms with Gasteiger partial charge in [-0.3, -0.25) is 9.59 Å². The molecule has 0 aliphatic carbocycles. The van der Waals surface area contributed by atoms with E-state index in [0.29, 0.717) is 11.7 Å². The predicted molar refractivity (Wildman–Crippen MR) is 62.2 cm³/mol. The number of nitrogens with one attached hydrogen (secondary N) is 2. The number of hydrogen-bond donors (Lipinski definition) is 4. The van der Waals surface area contributed by atoms with Crippen LogP contribution in [0.2, 0.25) is 0 Å². The van der Waals surface area contributed by atoms with Gasteiger partial charge >= 0.3 is 0 Å². The fourth-order valence-corrected chi connectivity index (χ4v) is 1.84. The average molecular weight is 243 g/mol. The number of carbonyl (C=O) groups excluding carboxylic acids is 2. The second-order valence-electron chi connectivity index (χ2n) is 2.91. The van der Waals surface area contributed by atoms with Crippen LogP contribution in [-0.4, -0.2) is 29.9 Å². The van der Waals surface area contributed by atoms with E-state index in [1.54, 1.807) is 0 Å². The van der Waals surface area contributed by atoms with E-state index < -0.39 is 11.8 Å². The first-order valence-electron chi connectivity index (χ1n) is 4.61. The molecule has 6 N–H and O–H groups in total. The summed E-state index contributed by atoms with van der Waals surface area (Å²) in [5, 5.41) is 5.86. The molecule has 0 saturated carbocycles. The number of rotatable bonds is 5. The number of nitrogen functional groups attached to an aromatic ring is 1. The van der Waals surface area contributed by atoms with Crippen LogP contribution in [0, 0.1) is 0 Å². The molecule has 0 radical (unpaired) electrons. The zero-order valence-electron chi connectivity index (χ0n) is 8.74. The zero-order valence-corrected chi connectivity index (χ0v) is 9.56. The molecule has 8 heteroatoms. The second kappa shape index (κ2) is 5.31. The smallest absolute Gasteiger partial charge is 0.265 e. The Kier molecular flexibility index (Phi) is 4.06. The standard InChI is InChI=1S/C8H13N5O2S/c1-2-11-8-13-6(10)5(16-8)7(15)12-3-4(9)14/h2-3,10H2,1H3,(H2,9,14)(H,11,13)(H,12,15). The minimum Gasteiger partial charge on any atom is -0.382 e. The molecule has 0 aliphatic heterocycles. The van der Waals surface area contributed by atoms with Crippen LogP contribution in [0.15, 0.2) is 0 Å². The molecule has 0 fully saturated rings. The summed E-state index contributed by atoms with van der Waals surface area (Å²) in [6.07, 6.45) is 0. The molecule has 0 unspecified atom stereocenters. The predicted octanol–water partition coefficient (Wildman–Crippen LogP) is -0.628. The molecule has 16 heavy (non-hydrogen) atoms. The lowest BCUT2D eigenvalue weighted by molar-refractivity contribution is -0.117. The molecule has 88 valence electrons. The van der Waals surface area contributed by atoms with Gasteiger partial charge in [-0.15, -0.1) is 0 Å². The van der Waals surface area contributed by atoms with Crippen molar-refractivity contribution in [2.24, 2.45) is 5.73 Å². The maximum atomic E-state index is 11.5. The van der Waals surface area contributed by atoms with Crippen molar-refractivity contribution < 1.29 is 9.59 Å². The SMILES string of the molecule is CCNc1nc(N)c(C(=O)NCC(N)=O)s1. The highest BCUT2D eigenvalue weighted by Crippen LogP contribution is 2.24.